The quantitative estimate of drug-likeness (QED) is 0.390. The van der Waals surface area contributed by atoms with E-state index in [-0.39, 0.29) is 36.5 Å². The number of rotatable bonds is 5. The minimum absolute atomic E-state index is 0.0884. The van der Waals surface area contributed by atoms with Gasteiger partial charge in [0.1, 0.15) is 17.7 Å². The highest BCUT2D eigenvalue weighted by atomic mass is 19.1. The number of halogens is 1. The van der Waals surface area contributed by atoms with Crippen molar-refractivity contribution >= 4 is 29.2 Å². The van der Waals surface area contributed by atoms with E-state index >= 15 is 0 Å². The number of aliphatic hydroxyl groups is 2. The van der Waals surface area contributed by atoms with Gasteiger partial charge in [-0.1, -0.05) is 31.2 Å². The molecule has 3 heterocycles. The van der Waals surface area contributed by atoms with Crippen molar-refractivity contribution < 1.29 is 33.7 Å². The Bertz CT molecular complexity index is 1340. The van der Waals surface area contributed by atoms with E-state index in [1.165, 1.54) is 10.7 Å². The SMILES string of the molecule is C/C(=C\c1cc(F)c2nnn([C@@H](C)CO)c2c1)[C@H]1OC(=O)C[C@H](O)CC[C@H](C)[C@@H](OC(=O)N2CCN(C)CC2)/C=C/[C@@H]1C. The van der Waals surface area contributed by atoms with Crippen LogP contribution in [0.2, 0.25) is 0 Å². The molecule has 2 aromatic rings. The van der Waals surface area contributed by atoms with Crippen molar-refractivity contribution in [1.29, 1.82) is 0 Å². The molecule has 2 N–H and O–H groups in total. The number of likely N-dealkylation sites (N-methyl/N-ethyl adjacent to an activating group) is 1. The van der Waals surface area contributed by atoms with E-state index in [0.29, 0.717) is 42.6 Å². The summed E-state index contributed by atoms with van der Waals surface area (Å²) >= 11 is 0. The third-order valence-corrected chi connectivity index (χ3v) is 8.34. The molecule has 1 amide bonds. The van der Waals surface area contributed by atoms with E-state index in [4.69, 9.17) is 9.47 Å². The lowest BCUT2D eigenvalue weighted by atomic mass is 9.91. The molecule has 236 valence electrons. The molecular weight excluding hydrogens is 557 g/mol. The van der Waals surface area contributed by atoms with E-state index in [2.05, 4.69) is 15.2 Å². The second kappa shape index (κ2) is 14.4. The fraction of sp³-hybridized carbons (Fsp3) is 0.613. The van der Waals surface area contributed by atoms with Crippen molar-refractivity contribution in [2.24, 2.45) is 11.8 Å². The average molecular weight is 602 g/mol. The van der Waals surface area contributed by atoms with Gasteiger partial charge in [-0.05, 0) is 69.0 Å². The Morgan fingerprint density at radius 3 is 2.63 bits per heavy atom. The summed E-state index contributed by atoms with van der Waals surface area (Å²) in [5.74, 6) is -1.50. The molecule has 1 saturated heterocycles. The maximum absolute atomic E-state index is 15.0. The lowest BCUT2D eigenvalue weighted by Crippen LogP contribution is -2.48. The Balaban J connectivity index is 1.61. The van der Waals surface area contributed by atoms with Crippen molar-refractivity contribution in [3.8, 4) is 0 Å². The van der Waals surface area contributed by atoms with Crippen LogP contribution in [0, 0.1) is 17.7 Å². The molecule has 0 saturated carbocycles. The standard InChI is InChI=1S/C31H44FN5O6/c1-19-6-8-24(39)17-28(40)43-30(20(2)7-9-27(19)42-31(41)36-12-10-35(5)11-13-36)21(3)14-23-15-25(32)29-26(16-23)37(34-33-29)22(4)18-38/h7,9,14-16,19-20,22,24,27,30,38-39H,6,8,10-13,17-18H2,1-5H3/b9-7+,21-14+/t19-,20-,22-,24+,27-,30-/m0/s1. The Morgan fingerprint density at radius 2 is 1.93 bits per heavy atom. The first-order chi connectivity index (χ1) is 20.5. The maximum atomic E-state index is 15.0. The van der Waals surface area contributed by atoms with Gasteiger partial charge in [0.05, 0.1) is 30.7 Å². The summed E-state index contributed by atoms with van der Waals surface area (Å²) < 4.78 is 28.3. The molecule has 0 bridgehead atoms. The molecule has 6 atom stereocenters. The van der Waals surface area contributed by atoms with Crippen LogP contribution < -0.4 is 0 Å². The molecule has 0 aliphatic carbocycles. The topological polar surface area (TPSA) is 130 Å². The van der Waals surface area contributed by atoms with Crippen molar-refractivity contribution in [3.05, 3.63) is 41.2 Å². The number of benzene rings is 1. The lowest BCUT2D eigenvalue weighted by Gasteiger charge is -2.33. The highest BCUT2D eigenvalue weighted by molar-refractivity contribution is 5.79. The number of hydrogen-bond donors (Lipinski definition) is 2. The van der Waals surface area contributed by atoms with Gasteiger partial charge in [-0.25, -0.2) is 13.9 Å². The number of esters is 1. The number of nitrogens with zero attached hydrogens (tertiary/aromatic N) is 5. The first-order valence-corrected chi connectivity index (χ1v) is 15.0. The molecule has 0 spiro atoms. The first-order valence-electron chi connectivity index (χ1n) is 15.0. The van der Waals surface area contributed by atoms with E-state index in [0.717, 1.165) is 13.1 Å². The number of carbonyl (C=O) groups is 2. The molecule has 2 aliphatic heterocycles. The predicted molar refractivity (Wildman–Crippen MR) is 159 cm³/mol. The van der Waals surface area contributed by atoms with Crippen LogP contribution in [0.15, 0.2) is 29.9 Å². The van der Waals surface area contributed by atoms with Crippen LogP contribution in [0.5, 0.6) is 0 Å². The molecule has 1 aromatic carbocycles. The zero-order chi connectivity index (χ0) is 31.3. The number of cyclic esters (lactones) is 1. The largest absolute Gasteiger partial charge is 0.457 e. The Kier molecular flexibility index (Phi) is 10.9. The van der Waals surface area contributed by atoms with Gasteiger partial charge < -0.3 is 29.5 Å². The van der Waals surface area contributed by atoms with Gasteiger partial charge in [0.2, 0.25) is 0 Å². The van der Waals surface area contributed by atoms with E-state index < -0.39 is 36.1 Å². The minimum Gasteiger partial charge on any atom is -0.457 e. The van der Waals surface area contributed by atoms with Crippen LogP contribution in [0.25, 0.3) is 17.1 Å². The fourth-order valence-electron chi connectivity index (χ4n) is 5.48. The second-order valence-corrected chi connectivity index (χ2v) is 12.0. The number of carbonyl (C=O) groups excluding carboxylic acids is 2. The first kappa shape index (κ1) is 32.6. The predicted octanol–water partition coefficient (Wildman–Crippen LogP) is 3.56. The van der Waals surface area contributed by atoms with Crippen molar-refractivity contribution in [2.75, 3.05) is 39.8 Å². The Hall–Kier alpha value is -3.35. The van der Waals surface area contributed by atoms with Gasteiger partial charge in [0.15, 0.2) is 5.82 Å². The van der Waals surface area contributed by atoms with Gasteiger partial charge in [-0.3, -0.25) is 4.79 Å². The summed E-state index contributed by atoms with van der Waals surface area (Å²) in [7, 11) is 2.02. The molecule has 1 fully saturated rings. The van der Waals surface area contributed by atoms with Crippen LogP contribution in [0.4, 0.5) is 9.18 Å². The molecule has 0 radical (unpaired) electrons. The van der Waals surface area contributed by atoms with Gasteiger partial charge in [0, 0.05) is 32.1 Å². The molecular formula is C31H44FN5O6. The highest BCUT2D eigenvalue weighted by Gasteiger charge is 2.29. The van der Waals surface area contributed by atoms with E-state index in [1.54, 1.807) is 30.9 Å². The van der Waals surface area contributed by atoms with Crippen LogP contribution in [-0.4, -0.2) is 105 Å². The maximum Gasteiger partial charge on any atom is 0.410 e. The molecule has 43 heavy (non-hydrogen) atoms. The fourth-order valence-corrected chi connectivity index (χ4v) is 5.48. The molecule has 1 aromatic heterocycles. The van der Waals surface area contributed by atoms with Crippen molar-refractivity contribution in [1.82, 2.24) is 24.8 Å². The highest BCUT2D eigenvalue weighted by Crippen LogP contribution is 2.27. The average Bonchev–Trinajstić information content (AvgIpc) is 3.40. The number of amides is 1. The number of hydrogen-bond acceptors (Lipinski definition) is 9. The number of aliphatic hydroxyl groups excluding tert-OH is 2. The number of fused-ring (bicyclic) bond motifs is 1. The summed E-state index contributed by atoms with van der Waals surface area (Å²) in [5, 5.41) is 28.1. The van der Waals surface area contributed by atoms with Crippen molar-refractivity contribution in [3.63, 3.8) is 0 Å². The third-order valence-electron chi connectivity index (χ3n) is 8.34. The van der Waals surface area contributed by atoms with E-state index in [9.17, 15) is 24.2 Å². The summed E-state index contributed by atoms with van der Waals surface area (Å²) in [5.41, 5.74) is 1.71. The summed E-state index contributed by atoms with van der Waals surface area (Å²) in [4.78, 5) is 29.7. The summed E-state index contributed by atoms with van der Waals surface area (Å²) in [6.07, 6.45) is 3.71. The van der Waals surface area contributed by atoms with Gasteiger partial charge in [-0.2, -0.15) is 0 Å². The molecule has 12 heteroatoms. The Labute approximate surface area is 251 Å². The molecule has 0 unspecified atom stereocenters. The molecule has 11 nitrogen and oxygen atoms in total. The third kappa shape index (κ3) is 8.18. The van der Waals surface area contributed by atoms with Crippen LogP contribution >= 0.6 is 0 Å². The number of aromatic nitrogens is 3. The molecule has 4 rings (SSSR count). The normalized spacial score (nSPS) is 28.1. The van der Waals surface area contributed by atoms with Crippen LogP contribution in [0.1, 0.15) is 58.6 Å². The van der Waals surface area contributed by atoms with E-state index in [1.807, 2.05) is 33.0 Å². The minimum atomic E-state index is -0.898. The van der Waals surface area contributed by atoms with Crippen LogP contribution in [-0.2, 0) is 14.3 Å². The molecule has 2 aliphatic rings. The number of piperazine rings is 1. The van der Waals surface area contributed by atoms with Gasteiger partial charge >= 0.3 is 12.1 Å². The summed E-state index contributed by atoms with van der Waals surface area (Å²) in [6.45, 7) is 9.99. The number of ether oxygens (including phenoxy) is 2. The van der Waals surface area contributed by atoms with Crippen LogP contribution in [0.3, 0.4) is 0 Å². The monoisotopic (exact) mass is 601 g/mol. The lowest BCUT2D eigenvalue weighted by molar-refractivity contribution is -0.151. The zero-order valence-electron chi connectivity index (χ0n) is 25.6. The zero-order valence-corrected chi connectivity index (χ0v) is 25.6. The summed E-state index contributed by atoms with van der Waals surface area (Å²) in [6, 6.07) is 2.67. The Morgan fingerprint density at radius 1 is 1.21 bits per heavy atom. The van der Waals surface area contributed by atoms with Gasteiger partial charge in [0.25, 0.3) is 0 Å². The van der Waals surface area contributed by atoms with Crippen molar-refractivity contribution in [2.45, 2.75) is 71.3 Å². The second-order valence-electron chi connectivity index (χ2n) is 12.0. The smallest absolute Gasteiger partial charge is 0.410 e. The van der Waals surface area contributed by atoms with Gasteiger partial charge in [-0.15, -0.1) is 5.10 Å².